The van der Waals surface area contributed by atoms with E-state index in [1.807, 2.05) is 10.6 Å². The van der Waals surface area contributed by atoms with Crippen molar-refractivity contribution in [1.82, 2.24) is 19.5 Å². The van der Waals surface area contributed by atoms with Gasteiger partial charge in [-0.2, -0.15) is 4.98 Å². The summed E-state index contributed by atoms with van der Waals surface area (Å²) in [5.41, 5.74) is 7.23. The lowest BCUT2D eigenvalue weighted by molar-refractivity contribution is 0.207. The average Bonchev–Trinajstić information content (AvgIpc) is 3.19. The van der Waals surface area contributed by atoms with E-state index in [4.69, 9.17) is 32.5 Å². The van der Waals surface area contributed by atoms with Crippen LogP contribution in [0, 0.1) is 17.2 Å². The first kappa shape index (κ1) is 25.6. The van der Waals surface area contributed by atoms with Crippen LogP contribution >= 0.6 is 11.6 Å². The summed E-state index contributed by atoms with van der Waals surface area (Å²) in [5.74, 6) is 0.916. The number of fused-ring (bicyclic) bond motifs is 1. The molecule has 4 rings (SSSR count). The number of rotatable bonds is 8. The van der Waals surface area contributed by atoms with Gasteiger partial charge in [-0.25, -0.2) is 14.8 Å². The second kappa shape index (κ2) is 11.0. The fraction of sp³-hybridized carbons (Fsp3) is 0.400. The van der Waals surface area contributed by atoms with Gasteiger partial charge in [0.1, 0.15) is 11.2 Å². The number of amides is 1. The first-order chi connectivity index (χ1) is 17.3. The molecule has 2 heterocycles. The van der Waals surface area contributed by atoms with Crippen molar-refractivity contribution < 1.29 is 14.6 Å². The molecule has 0 radical (unpaired) electrons. The van der Waals surface area contributed by atoms with Crippen LogP contribution in [0.2, 0.25) is 5.02 Å². The fourth-order valence-electron chi connectivity index (χ4n) is 4.52. The van der Waals surface area contributed by atoms with E-state index >= 15 is 0 Å². The standard InChI is InChI=1S/C25H30ClN7O3/c1-3-18(13-34)29-25-32-22-20(33(25)12-15-9-7-14(2)8-10-15)19(16-5-4-6-17(26)11-16)30-23(31-22)21(27)36-24(28)35/h3-6,11,14-15,18,27,34H,1,7-10,12-13H2,2H3,(H2,28,35)(H,29,30,31,32)/t14?,15?,18-/m1/s1. The highest BCUT2D eigenvalue weighted by atomic mass is 35.5. The molecule has 1 aliphatic rings. The zero-order valence-electron chi connectivity index (χ0n) is 20.1. The molecule has 0 bridgehead atoms. The highest BCUT2D eigenvalue weighted by Crippen LogP contribution is 2.35. The third-order valence-corrected chi connectivity index (χ3v) is 6.71. The molecule has 1 aromatic carbocycles. The predicted molar refractivity (Wildman–Crippen MR) is 139 cm³/mol. The molecule has 0 unspecified atom stereocenters. The summed E-state index contributed by atoms with van der Waals surface area (Å²) < 4.78 is 6.77. The van der Waals surface area contributed by atoms with Gasteiger partial charge in [0.05, 0.1) is 12.6 Å². The zero-order valence-corrected chi connectivity index (χ0v) is 20.8. The monoisotopic (exact) mass is 511 g/mol. The Balaban J connectivity index is 1.92. The molecule has 190 valence electrons. The molecule has 5 N–H and O–H groups in total. The summed E-state index contributed by atoms with van der Waals surface area (Å²) in [6, 6.07) is 6.75. The van der Waals surface area contributed by atoms with Gasteiger partial charge < -0.3 is 25.5 Å². The number of anilines is 1. The van der Waals surface area contributed by atoms with E-state index in [1.54, 1.807) is 24.3 Å². The highest BCUT2D eigenvalue weighted by molar-refractivity contribution is 6.30. The second-order valence-electron chi connectivity index (χ2n) is 9.17. The summed E-state index contributed by atoms with van der Waals surface area (Å²) in [6.45, 7) is 6.57. The number of benzene rings is 1. The van der Waals surface area contributed by atoms with Crippen LogP contribution < -0.4 is 11.1 Å². The number of aliphatic hydroxyl groups excluding tert-OH is 1. The van der Waals surface area contributed by atoms with Gasteiger partial charge in [0.25, 0.3) is 5.90 Å². The van der Waals surface area contributed by atoms with Gasteiger partial charge in [-0.1, -0.05) is 49.6 Å². The van der Waals surface area contributed by atoms with Crippen LogP contribution in [0.4, 0.5) is 10.7 Å². The summed E-state index contributed by atoms with van der Waals surface area (Å²) in [4.78, 5) is 25.0. The molecular formula is C25H30ClN7O3. The SMILES string of the molecule is C=C[C@H](CO)Nc1nc2nc(C(=N)OC(N)=O)nc(-c3cccc(Cl)c3)c2n1CC1CCC(C)CC1. The van der Waals surface area contributed by atoms with Gasteiger partial charge in [-0.05, 0) is 36.8 Å². The number of hydrogen-bond acceptors (Lipinski definition) is 8. The second-order valence-corrected chi connectivity index (χ2v) is 9.61. The Morgan fingerprint density at radius 3 is 2.75 bits per heavy atom. The number of primary amides is 1. The molecule has 0 aliphatic heterocycles. The van der Waals surface area contributed by atoms with Crippen molar-refractivity contribution in [1.29, 1.82) is 5.41 Å². The van der Waals surface area contributed by atoms with E-state index in [0.29, 0.717) is 51.8 Å². The molecule has 1 aliphatic carbocycles. The number of aliphatic hydroxyl groups is 1. The van der Waals surface area contributed by atoms with E-state index in [1.165, 1.54) is 0 Å². The quantitative estimate of drug-likeness (QED) is 0.199. The molecule has 3 aromatic rings. The van der Waals surface area contributed by atoms with Crippen molar-refractivity contribution in [3.05, 3.63) is 47.8 Å². The Kier molecular flexibility index (Phi) is 7.85. The maximum atomic E-state index is 11.3. The lowest BCUT2D eigenvalue weighted by Gasteiger charge is -2.27. The molecule has 1 fully saturated rings. The summed E-state index contributed by atoms with van der Waals surface area (Å²) in [5, 5.41) is 21.6. The minimum absolute atomic E-state index is 0.138. The molecule has 36 heavy (non-hydrogen) atoms. The fourth-order valence-corrected chi connectivity index (χ4v) is 4.71. The van der Waals surface area contributed by atoms with Gasteiger partial charge in [0, 0.05) is 17.1 Å². The van der Waals surface area contributed by atoms with Crippen LogP contribution in [0.3, 0.4) is 0 Å². The molecule has 11 heteroatoms. The Bertz CT molecular complexity index is 1280. The van der Waals surface area contributed by atoms with Crippen molar-refractivity contribution >= 4 is 40.7 Å². The van der Waals surface area contributed by atoms with Crippen molar-refractivity contribution in [2.45, 2.75) is 45.2 Å². The topological polar surface area (TPSA) is 152 Å². The molecule has 1 saturated carbocycles. The number of hydrogen-bond donors (Lipinski definition) is 4. The molecule has 1 amide bonds. The van der Waals surface area contributed by atoms with Crippen molar-refractivity contribution in [3.8, 4) is 11.3 Å². The number of imidazole rings is 1. The Labute approximate surface area is 214 Å². The summed E-state index contributed by atoms with van der Waals surface area (Å²) in [7, 11) is 0. The van der Waals surface area contributed by atoms with Gasteiger partial charge in [0.2, 0.25) is 11.8 Å². The van der Waals surface area contributed by atoms with E-state index in [2.05, 4.69) is 28.8 Å². The summed E-state index contributed by atoms with van der Waals surface area (Å²) in [6.07, 6.45) is 4.98. The first-order valence-electron chi connectivity index (χ1n) is 11.9. The lowest BCUT2D eigenvalue weighted by atomic mass is 9.83. The number of nitrogens with zero attached hydrogens (tertiary/aromatic N) is 4. The van der Waals surface area contributed by atoms with Gasteiger partial charge >= 0.3 is 6.09 Å². The Morgan fingerprint density at radius 1 is 1.36 bits per heavy atom. The Hall–Kier alpha value is -3.50. The number of carbonyl (C=O) groups is 1. The lowest BCUT2D eigenvalue weighted by Crippen LogP contribution is -2.25. The van der Waals surface area contributed by atoms with Crippen molar-refractivity contribution in [2.75, 3.05) is 11.9 Å². The summed E-state index contributed by atoms with van der Waals surface area (Å²) >= 11 is 6.29. The normalized spacial score (nSPS) is 18.5. The number of nitrogens with one attached hydrogen (secondary N) is 2. The van der Waals surface area contributed by atoms with Crippen LogP contribution in [-0.4, -0.2) is 49.3 Å². The van der Waals surface area contributed by atoms with Gasteiger partial charge in [-0.15, -0.1) is 6.58 Å². The number of aromatic nitrogens is 4. The van der Waals surface area contributed by atoms with Crippen LogP contribution in [0.5, 0.6) is 0 Å². The minimum atomic E-state index is -1.14. The third-order valence-electron chi connectivity index (χ3n) is 6.48. The number of ether oxygens (including phenoxy) is 1. The zero-order chi connectivity index (χ0) is 25.8. The molecule has 0 spiro atoms. The Morgan fingerprint density at radius 2 is 2.11 bits per heavy atom. The molecule has 1 atom stereocenters. The molecule has 2 aromatic heterocycles. The first-order valence-corrected chi connectivity index (χ1v) is 12.3. The smallest absolute Gasteiger partial charge is 0.394 e. The van der Waals surface area contributed by atoms with Gasteiger partial charge in [0.15, 0.2) is 5.65 Å². The molecular weight excluding hydrogens is 482 g/mol. The predicted octanol–water partition coefficient (Wildman–Crippen LogP) is 4.35. The largest absolute Gasteiger partial charge is 0.411 e. The van der Waals surface area contributed by atoms with E-state index in [0.717, 1.165) is 25.7 Å². The van der Waals surface area contributed by atoms with Crippen molar-refractivity contribution in [3.63, 3.8) is 0 Å². The minimum Gasteiger partial charge on any atom is -0.394 e. The number of carbonyl (C=O) groups excluding carboxylic acids is 1. The van der Waals surface area contributed by atoms with Crippen LogP contribution in [0.25, 0.3) is 22.4 Å². The highest BCUT2D eigenvalue weighted by Gasteiger charge is 2.26. The maximum Gasteiger partial charge on any atom is 0.411 e. The van der Waals surface area contributed by atoms with Crippen molar-refractivity contribution in [2.24, 2.45) is 17.6 Å². The number of nitrogens with two attached hydrogens (primary N) is 1. The van der Waals surface area contributed by atoms with Crippen LogP contribution in [0.1, 0.15) is 38.4 Å². The average molecular weight is 512 g/mol. The number of halogens is 1. The van der Waals surface area contributed by atoms with Crippen LogP contribution in [0.15, 0.2) is 36.9 Å². The van der Waals surface area contributed by atoms with E-state index < -0.39 is 18.0 Å². The van der Waals surface area contributed by atoms with E-state index in [-0.39, 0.29) is 12.4 Å². The molecule has 0 saturated heterocycles. The van der Waals surface area contributed by atoms with Gasteiger partial charge in [-0.3, -0.25) is 5.41 Å². The van der Waals surface area contributed by atoms with Crippen LogP contribution in [-0.2, 0) is 11.3 Å². The molecule has 10 nitrogen and oxygen atoms in total. The maximum absolute atomic E-state index is 11.3. The van der Waals surface area contributed by atoms with E-state index in [9.17, 15) is 9.90 Å². The third kappa shape index (κ3) is 5.66.